The monoisotopic (exact) mass is 291 g/mol. The highest BCUT2D eigenvalue weighted by Crippen LogP contribution is 2.21. The molecule has 0 aromatic heterocycles. The average Bonchev–Trinajstić information content (AvgIpc) is 2.48. The number of likely N-dealkylation sites (tertiary alicyclic amines) is 1. The molecule has 1 aromatic rings. The number of hydrogen-bond donors (Lipinski definition) is 2. The summed E-state index contributed by atoms with van der Waals surface area (Å²) in [5, 5.41) is 3.37. The van der Waals surface area contributed by atoms with Gasteiger partial charge in [-0.05, 0) is 31.9 Å². The van der Waals surface area contributed by atoms with Gasteiger partial charge in [0.15, 0.2) is 0 Å². The van der Waals surface area contributed by atoms with E-state index in [4.69, 9.17) is 10.5 Å². The lowest BCUT2D eigenvalue weighted by molar-refractivity contribution is 0.0527. The van der Waals surface area contributed by atoms with E-state index >= 15 is 0 Å². The third-order valence-corrected chi connectivity index (χ3v) is 3.59. The van der Waals surface area contributed by atoms with Crippen molar-refractivity contribution in [3.05, 3.63) is 29.8 Å². The minimum absolute atomic E-state index is 0.219. The predicted octanol–water partition coefficient (Wildman–Crippen LogP) is 1.82. The van der Waals surface area contributed by atoms with Crippen LogP contribution < -0.4 is 11.1 Å². The minimum Gasteiger partial charge on any atom is -0.462 e. The van der Waals surface area contributed by atoms with Gasteiger partial charge in [-0.2, -0.15) is 0 Å². The molecule has 2 rings (SSSR count). The van der Waals surface area contributed by atoms with Crippen molar-refractivity contribution in [3.63, 3.8) is 0 Å². The number of urea groups is 1. The van der Waals surface area contributed by atoms with Crippen molar-refractivity contribution < 1.29 is 14.3 Å². The highest BCUT2D eigenvalue weighted by molar-refractivity contribution is 5.95. The van der Waals surface area contributed by atoms with E-state index in [1.54, 1.807) is 17.9 Å². The molecule has 0 aliphatic carbocycles. The van der Waals surface area contributed by atoms with Gasteiger partial charge in [-0.15, -0.1) is 0 Å². The first-order chi connectivity index (χ1) is 10.1. The fourth-order valence-corrected chi connectivity index (χ4v) is 2.46. The fraction of sp³-hybridized carbons (Fsp3) is 0.467. The number of nitrogens with zero attached hydrogens (tertiary/aromatic N) is 1. The number of carbonyl (C=O) groups is 2. The van der Waals surface area contributed by atoms with Gasteiger partial charge in [-0.1, -0.05) is 12.1 Å². The van der Waals surface area contributed by atoms with Gasteiger partial charge in [-0.25, -0.2) is 9.59 Å². The average molecular weight is 291 g/mol. The van der Waals surface area contributed by atoms with Gasteiger partial charge >= 0.3 is 12.0 Å². The van der Waals surface area contributed by atoms with Crippen LogP contribution in [0.25, 0.3) is 0 Å². The van der Waals surface area contributed by atoms with Crippen molar-refractivity contribution in [2.24, 2.45) is 5.73 Å². The number of esters is 1. The molecule has 114 valence electrons. The zero-order chi connectivity index (χ0) is 15.2. The second-order valence-corrected chi connectivity index (χ2v) is 5.01. The summed E-state index contributed by atoms with van der Waals surface area (Å²) in [6, 6.07) is 7.15. The van der Waals surface area contributed by atoms with Gasteiger partial charge in [0.1, 0.15) is 0 Å². The molecule has 0 radical (unpaired) electrons. The Labute approximate surface area is 124 Å². The lowest BCUT2D eigenvalue weighted by Crippen LogP contribution is -2.44. The Morgan fingerprint density at radius 2 is 2.00 bits per heavy atom. The first-order valence-electron chi connectivity index (χ1n) is 7.19. The number of primary amides is 1. The quantitative estimate of drug-likeness (QED) is 0.829. The van der Waals surface area contributed by atoms with Crippen LogP contribution in [-0.2, 0) is 4.74 Å². The van der Waals surface area contributed by atoms with E-state index < -0.39 is 0 Å². The summed E-state index contributed by atoms with van der Waals surface area (Å²) in [5.41, 5.74) is 6.58. The van der Waals surface area contributed by atoms with E-state index in [2.05, 4.69) is 5.32 Å². The van der Waals surface area contributed by atoms with Crippen molar-refractivity contribution in [1.29, 1.82) is 0 Å². The third-order valence-electron chi connectivity index (χ3n) is 3.59. The van der Waals surface area contributed by atoms with Crippen molar-refractivity contribution >= 4 is 17.7 Å². The SMILES string of the molecule is CCOC(=O)c1ccccc1NC1CCN(C(N)=O)CC1. The third kappa shape index (κ3) is 3.87. The largest absolute Gasteiger partial charge is 0.462 e. The molecule has 6 heteroatoms. The highest BCUT2D eigenvalue weighted by atomic mass is 16.5. The maximum atomic E-state index is 11.9. The molecule has 3 N–H and O–H groups in total. The summed E-state index contributed by atoms with van der Waals surface area (Å²) >= 11 is 0. The van der Waals surface area contributed by atoms with Crippen LogP contribution in [0.2, 0.25) is 0 Å². The Bertz CT molecular complexity index is 511. The number of benzene rings is 1. The summed E-state index contributed by atoms with van der Waals surface area (Å²) in [6.45, 7) is 3.40. The Balaban J connectivity index is 2.01. The van der Waals surface area contributed by atoms with Gasteiger partial charge in [-0.3, -0.25) is 0 Å². The number of piperidine rings is 1. The number of nitrogens with one attached hydrogen (secondary N) is 1. The molecule has 2 amide bonds. The number of anilines is 1. The van der Waals surface area contributed by atoms with E-state index in [9.17, 15) is 9.59 Å². The van der Waals surface area contributed by atoms with Gasteiger partial charge in [0.25, 0.3) is 0 Å². The smallest absolute Gasteiger partial charge is 0.340 e. The van der Waals surface area contributed by atoms with E-state index in [0.717, 1.165) is 18.5 Å². The standard InChI is InChI=1S/C15H21N3O3/c1-2-21-14(19)12-5-3-4-6-13(12)17-11-7-9-18(10-8-11)15(16)20/h3-6,11,17H,2,7-10H2,1H3,(H2,16,20). The van der Waals surface area contributed by atoms with Crippen LogP contribution >= 0.6 is 0 Å². The number of amides is 2. The molecule has 0 unspecified atom stereocenters. The van der Waals surface area contributed by atoms with Crippen LogP contribution in [0.5, 0.6) is 0 Å². The van der Waals surface area contributed by atoms with Gasteiger partial charge < -0.3 is 20.7 Å². The Morgan fingerprint density at radius 1 is 1.33 bits per heavy atom. The Kier molecular flexibility index (Phi) is 5.03. The zero-order valence-electron chi connectivity index (χ0n) is 12.2. The molecule has 0 saturated carbocycles. The minimum atomic E-state index is -0.375. The molecular weight excluding hydrogens is 270 g/mol. The predicted molar refractivity (Wildman–Crippen MR) is 80.2 cm³/mol. The molecule has 1 aromatic carbocycles. The molecule has 1 saturated heterocycles. The Morgan fingerprint density at radius 3 is 2.62 bits per heavy atom. The molecule has 1 aliphatic rings. The topological polar surface area (TPSA) is 84.7 Å². The van der Waals surface area contributed by atoms with Crippen molar-refractivity contribution in [2.45, 2.75) is 25.8 Å². The molecule has 0 bridgehead atoms. The van der Waals surface area contributed by atoms with Crippen LogP contribution in [0, 0.1) is 0 Å². The molecular formula is C15H21N3O3. The highest BCUT2D eigenvalue weighted by Gasteiger charge is 2.22. The number of ether oxygens (including phenoxy) is 1. The number of rotatable bonds is 4. The lowest BCUT2D eigenvalue weighted by atomic mass is 10.0. The summed E-state index contributed by atoms with van der Waals surface area (Å²) in [7, 11) is 0. The summed E-state index contributed by atoms with van der Waals surface area (Å²) in [4.78, 5) is 24.7. The maximum Gasteiger partial charge on any atom is 0.340 e. The molecule has 1 aliphatic heterocycles. The van der Waals surface area contributed by atoms with E-state index in [0.29, 0.717) is 25.3 Å². The van der Waals surface area contributed by atoms with Gasteiger partial charge in [0.05, 0.1) is 12.2 Å². The van der Waals surface area contributed by atoms with Crippen molar-refractivity contribution in [2.75, 3.05) is 25.0 Å². The number of hydrogen-bond acceptors (Lipinski definition) is 4. The van der Waals surface area contributed by atoms with E-state index in [1.165, 1.54) is 0 Å². The van der Waals surface area contributed by atoms with Crippen molar-refractivity contribution in [3.8, 4) is 0 Å². The molecule has 1 fully saturated rings. The molecule has 6 nitrogen and oxygen atoms in total. The number of para-hydroxylation sites is 1. The normalized spacial score (nSPS) is 15.6. The van der Waals surface area contributed by atoms with Crippen LogP contribution in [0.4, 0.5) is 10.5 Å². The molecule has 0 spiro atoms. The summed E-state index contributed by atoms with van der Waals surface area (Å²) in [6.07, 6.45) is 1.61. The van der Waals surface area contributed by atoms with Crippen LogP contribution in [0.1, 0.15) is 30.1 Å². The molecule has 1 heterocycles. The van der Waals surface area contributed by atoms with Crippen LogP contribution in [0.3, 0.4) is 0 Å². The summed E-state index contributed by atoms with van der Waals surface area (Å²) in [5.74, 6) is -0.324. The van der Waals surface area contributed by atoms with E-state index in [-0.39, 0.29) is 18.0 Å². The van der Waals surface area contributed by atoms with Gasteiger partial charge in [0, 0.05) is 24.8 Å². The maximum absolute atomic E-state index is 11.9. The summed E-state index contributed by atoms with van der Waals surface area (Å²) < 4.78 is 5.06. The van der Waals surface area contributed by atoms with E-state index in [1.807, 2.05) is 18.2 Å². The molecule has 21 heavy (non-hydrogen) atoms. The van der Waals surface area contributed by atoms with Crippen molar-refractivity contribution in [1.82, 2.24) is 4.90 Å². The number of carbonyl (C=O) groups excluding carboxylic acids is 2. The second-order valence-electron chi connectivity index (χ2n) is 5.01. The first kappa shape index (κ1) is 15.2. The van der Waals surface area contributed by atoms with Crippen LogP contribution in [-0.4, -0.2) is 42.6 Å². The molecule has 0 atom stereocenters. The first-order valence-corrected chi connectivity index (χ1v) is 7.19. The number of nitrogens with two attached hydrogens (primary N) is 1. The second kappa shape index (κ2) is 6.97. The van der Waals surface area contributed by atoms with Gasteiger partial charge in [0.2, 0.25) is 0 Å². The zero-order valence-corrected chi connectivity index (χ0v) is 12.2. The Hall–Kier alpha value is -2.24. The van der Waals surface area contributed by atoms with Crippen LogP contribution in [0.15, 0.2) is 24.3 Å². The fourth-order valence-electron chi connectivity index (χ4n) is 2.46. The lowest BCUT2D eigenvalue weighted by Gasteiger charge is -2.32.